The molecule has 2 aliphatic rings. The van der Waals surface area contributed by atoms with Crippen LogP contribution in [0.5, 0.6) is 0 Å². The minimum Gasteiger partial charge on any atom is -0.463 e. The molecule has 2 fully saturated rings. The van der Waals surface area contributed by atoms with Gasteiger partial charge in [0.05, 0.1) is 30.3 Å². The second kappa shape index (κ2) is 32.4. The van der Waals surface area contributed by atoms with E-state index >= 15 is 0 Å². The predicted molar refractivity (Wildman–Crippen MR) is 195 cm³/mol. The first kappa shape index (κ1) is 50.6. The van der Waals surface area contributed by atoms with Crippen LogP contribution in [-0.2, 0) is 14.3 Å². The van der Waals surface area contributed by atoms with Gasteiger partial charge in [-0.3, -0.25) is 4.79 Å². The van der Waals surface area contributed by atoms with Gasteiger partial charge in [0.25, 0.3) is 0 Å². The summed E-state index contributed by atoms with van der Waals surface area (Å²) in [7, 11) is 0. The van der Waals surface area contributed by atoms with E-state index in [0.717, 1.165) is 32.1 Å². The van der Waals surface area contributed by atoms with Gasteiger partial charge in [0.1, 0.15) is 12.7 Å². The van der Waals surface area contributed by atoms with Crippen LogP contribution in [0, 0.1) is 23.7 Å². The minimum atomic E-state index is -1.11. The van der Waals surface area contributed by atoms with Crippen LogP contribution in [0.3, 0.4) is 0 Å². The summed E-state index contributed by atoms with van der Waals surface area (Å²) in [6, 6.07) is -0.323. The molecule has 2 rings (SSSR count). The molecule has 286 valence electrons. The van der Waals surface area contributed by atoms with Gasteiger partial charge in [-0.2, -0.15) is 0 Å². The van der Waals surface area contributed by atoms with Crippen molar-refractivity contribution >= 4 is 5.97 Å². The van der Waals surface area contributed by atoms with E-state index in [-0.39, 0.29) is 48.8 Å². The molecule has 0 amide bonds. The molecular weight excluding hydrogens is 598 g/mol. The Morgan fingerprint density at radius 1 is 0.830 bits per heavy atom. The molecule has 2 aliphatic heterocycles. The third-order valence-electron chi connectivity index (χ3n) is 9.00. The topological polar surface area (TPSA) is 149 Å². The molecule has 0 aromatic carbocycles. The SMILES string of the molecule is CC.CC.CC1CCCC(O)C[C@@H](C)CNC(C)C(O)C(O)COC1=O.CC1CC[C@H](O)OC(C)[C@@H]1C.CCCCC(O)CCCC. The van der Waals surface area contributed by atoms with Crippen LogP contribution in [0.15, 0.2) is 0 Å². The number of hydrogen-bond donors (Lipinski definition) is 6. The summed E-state index contributed by atoms with van der Waals surface area (Å²) >= 11 is 0. The molecule has 7 unspecified atom stereocenters. The number of carbonyl (C=O) groups is 1. The first-order chi connectivity index (χ1) is 22.2. The fourth-order valence-corrected chi connectivity index (χ4v) is 5.29. The minimum absolute atomic E-state index is 0.0279. The maximum atomic E-state index is 11.8. The molecule has 10 atom stereocenters. The number of carbonyl (C=O) groups excluding carboxylic acids is 1. The summed E-state index contributed by atoms with van der Waals surface area (Å²) in [5.41, 5.74) is 0. The smallest absolute Gasteiger partial charge is 0.308 e. The average molecular weight is 680 g/mol. The summed E-state index contributed by atoms with van der Waals surface area (Å²) in [4.78, 5) is 11.8. The quantitative estimate of drug-likeness (QED) is 0.163. The lowest BCUT2D eigenvalue weighted by molar-refractivity contribution is -0.154. The van der Waals surface area contributed by atoms with Crippen molar-refractivity contribution in [2.45, 2.75) is 203 Å². The van der Waals surface area contributed by atoms with Gasteiger partial charge in [0, 0.05) is 6.04 Å². The molecule has 2 saturated heterocycles. The van der Waals surface area contributed by atoms with E-state index < -0.39 is 18.5 Å². The highest BCUT2D eigenvalue weighted by Crippen LogP contribution is 2.27. The van der Waals surface area contributed by atoms with Crippen LogP contribution < -0.4 is 5.32 Å². The molecule has 9 nitrogen and oxygen atoms in total. The number of ether oxygens (including phenoxy) is 2. The molecule has 9 heteroatoms. The van der Waals surface area contributed by atoms with Crippen molar-refractivity contribution in [3.8, 4) is 0 Å². The molecule has 0 aromatic rings. The third-order valence-corrected chi connectivity index (χ3v) is 9.00. The zero-order valence-corrected chi connectivity index (χ0v) is 32.7. The van der Waals surface area contributed by atoms with E-state index in [4.69, 9.17) is 9.47 Å². The number of unbranched alkanes of at least 4 members (excludes halogenated alkanes) is 2. The lowest BCUT2D eigenvalue weighted by Gasteiger charge is -2.26. The van der Waals surface area contributed by atoms with Crippen LogP contribution >= 0.6 is 0 Å². The molecule has 0 radical (unpaired) electrons. The molecule has 0 saturated carbocycles. The monoisotopic (exact) mass is 680 g/mol. The number of aliphatic hydroxyl groups is 5. The molecule has 47 heavy (non-hydrogen) atoms. The van der Waals surface area contributed by atoms with Gasteiger partial charge in [-0.25, -0.2) is 0 Å². The van der Waals surface area contributed by atoms with Gasteiger partial charge in [-0.05, 0) is 83.1 Å². The van der Waals surface area contributed by atoms with Gasteiger partial charge in [0.15, 0.2) is 6.29 Å². The van der Waals surface area contributed by atoms with Crippen LogP contribution in [0.25, 0.3) is 0 Å². The highest BCUT2D eigenvalue weighted by molar-refractivity contribution is 5.71. The zero-order chi connectivity index (χ0) is 36.9. The van der Waals surface area contributed by atoms with Crippen molar-refractivity contribution in [3.05, 3.63) is 0 Å². The molecule has 0 bridgehead atoms. The van der Waals surface area contributed by atoms with Crippen LogP contribution in [-0.4, -0.2) is 87.5 Å². The Balaban J connectivity index is -0.000000648. The van der Waals surface area contributed by atoms with Crippen molar-refractivity contribution < 1.29 is 39.8 Å². The Hall–Kier alpha value is -0.810. The first-order valence-electron chi connectivity index (χ1n) is 19.2. The molecule has 0 spiro atoms. The second-order valence-electron chi connectivity index (χ2n) is 13.4. The largest absolute Gasteiger partial charge is 0.463 e. The molecule has 2 heterocycles. The number of aliphatic hydroxyl groups excluding tert-OH is 5. The molecule has 6 N–H and O–H groups in total. The molecule has 0 aromatic heterocycles. The van der Waals surface area contributed by atoms with Crippen molar-refractivity contribution in [2.75, 3.05) is 13.2 Å². The van der Waals surface area contributed by atoms with Gasteiger partial charge in [-0.15, -0.1) is 0 Å². The number of esters is 1. The maximum Gasteiger partial charge on any atom is 0.308 e. The van der Waals surface area contributed by atoms with E-state index in [0.29, 0.717) is 37.6 Å². The highest BCUT2D eigenvalue weighted by atomic mass is 16.6. The predicted octanol–water partition coefficient (Wildman–Crippen LogP) is 6.99. The van der Waals surface area contributed by atoms with Gasteiger partial charge in [-0.1, -0.05) is 101 Å². The first-order valence-corrected chi connectivity index (χ1v) is 19.2. The number of nitrogens with one attached hydrogen (secondary N) is 1. The Labute approximate surface area is 290 Å². The third kappa shape index (κ3) is 26.7. The zero-order valence-electron chi connectivity index (χ0n) is 32.7. The lowest BCUT2D eigenvalue weighted by Crippen LogP contribution is -2.47. The lowest BCUT2D eigenvalue weighted by atomic mass is 9.89. The normalized spacial score (nSPS) is 32.4. The summed E-state index contributed by atoms with van der Waals surface area (Å²) < 4.78 is 10.4. The van der Waals surface area contributed by atoms with E-state index in [2.05, 4.69) is 33.0 Å². The van der Waals surface area contributed by atoms with Crippen molar-refractivity contribution in [3.63, 3.8) is 0 Å². The Kier molecular flexibility index (Phi) is 34.9. The molecule has 0 aliphatic carbocycles. The average Bonchev–Trinajstić information content (AvgIpc) is 3.17. The van der Waals surface area contributed by atoms with Crippen LogP contribution in [0.1, 0.15) is 160 Å². The number of cyclic esters (lactones) is 1. The Bertz CT molecular complexity index is 676. The maximum absolute atomic E-state index is 11.8. The van der Waals surface area contributed by atoms with Crippen molar-refractivity contribution in [2.24, 2.45) is 23.7 Å². The van der Waals surface area contributed by atoms with Gasteiger partial charge in [0.2, 0.25) is 0 Å². The van der Waals surface area contributed by atoms with Crippen molar-refractivity contribution in [1.82, 2.24) is 5.32 Å². The van der Waals surface area contributed by atoms with Crippen LogP contribution in [0.4, 0.5) is 0 Å². The Morgan fingerprint density at radius 2 is 1.38 bits per heavy atom. The van der Waals surface area contributed by atoms with Crippen LogP contribution in [0.2, 0.25) is 0 Å². The summed E-state index contributed by atoms with van der Waals surface area (Å²) in [5, 5.41) is 51.7. The summed E-state index contributed by atoms with van der Waals surface area (Å²) in [6.45, 7) is 24.8. The summed E-state index contributed by atoms with van der Waals surface area (Å²) in [6.07, 6.45) is 8.50. The van der Waals surface area contributed by atoms with E-state index in [1.54, 1.807) is 13.8 Å². The van der Waals surface area contributed by atoms with Crippen molar-refractivity contribution in [1.29, 1.82) is 0 Å². The standard InChI is InChI=1S/C16H31NO5.C9H18O2.C9H20O.2C2H6/c1-10-7-13(18)6-4-5-11(2)16(21)22-9-14(19)15(20)12(3)17-8-10;1-6-4-5-9(10)11-8(3)7(6)2;1-3-5-7-9(10)8-6-4-2;2*1-2/h10-15,17-20H,4-9H2,1-3H3;6-10H,4-5H2,1-3H3;9-10H,3-8H2,1-2H3;2*1-2H3/t10-,11?,12?,13?,14?,15?;6?,7-,8?,9-;;;/m11.../s1. The van der Waals surface area contributed by atoms with E-state index in [9.17, 15) is 30.3 Å². The molecular formula is C38H81NO8. The van der Waals surface area contributed by atoms with Gasteiger partial charge < -0.3 is 40.3 Å². The van der Waals surface area contributed by atoms with Gasteiger partial charge >= 0.3 is 5.97 Å². The highest BCUT2D eigenvalue weighted by Gasteiger charge is 2.27. The summed E-state index contributed by atoms with van der Waals surface area (Å²) in [5.74, 6) is 0.857. The fourth-order valence-electron chi connectivity index (χ4n) is 5.29. The second-order valence-corrected chi connectivity index (χ2v) is 13.4. The number of hydrogen-bond acceptors (Lipinski definition) is 9. The van der Waals surface area contributed by atoms with E-state index in [1.165, 1.54) is 25.7 Å². The van der Waals surface area contributed by atoms with E-state index in [1.807, 2.05) is 41.5 Å². The fraction of sp³-hybridized carbons (Fsp3) is 0.974. The Morgan fingerprint density at radius 3 is 1.91 bits per heavy atom. The number of rotatable bonds is 6.